The molecule has 2 atom stereocenters. The summed E-state index contributed by atoms with van der Waals surface area (Å²) in [7, 11) is -1.67. The first-order valence-electron chi connectivity index (χ1n) is 21.5. The molecule has 2 heterocycles. The molecule has 0 spiro atoms. The number of hydrogen-bond donors (Lipinski definition) is 0. The van der Waals surface area contributed by atoms with Gasteiger partial charge in [0.25, 0.3) is 0 Å². The Bertz CT molecular complexity index is 2350. The molecule has 0 aliphatic carbocycles. The van der Waals surface area contributed by atoms with Crippen molar-refractivity contribution >= 4 is 25.6 Å². The molecule has 0 N–H and O–H groups in total. The monoisotopic (exact) mass is 838 g/mol. The van der Waals surface area contributed by atoms with Crippen LogP contribution in [0.5, 0.6) is 23.0 Å². The number of esters is 2. The number of hydrogen-bond acceptors (Lipinski definition) is 6. The van der Waals surface area contributed by atoms with E-state index < -0.39 is 20.2 Å². The fraction of sp³-hybridized carbons (Fsp3) is 0.407. The molecule has 61 heavy (non-hydrogen) atoms. The third-order valence-corrected chi connectivity index (χ3v) is 13.4. The minimum atomic E-state index is -1.67. The molecule has 7 rings (SSSR count). The van der Waals surface area contributed by atoms with Gasteiger partial charge in [0.15, 0.2) is 0 Å². The molecule has 320 valence electrons. The quantitative estimate of drug-likeness (QED) is 0.0924. The SMILES string of the molecule is Cc1cc(C2C(=O)Oc3c2cc(C(C)(C)C)cc3C(C)(C)C)cc(C)c1OP(Oc1c(C)cc(C2C(=O)Oc3c2cc(C(C)(C)C)cc3C(C)(C)C)cc1C)c1ccccc1. The Kier molecular flexibility index (Phi) is 11.2. The first kappa shape index (κ1) is 44.1. The summed E-state index contributed by atoms with van der Waals surface area (Å²) in [6.07, 6.45) is 0. The lowest BCUT2D eigenvalue weighted by atomic mass is 9.77. The highest BCUT2D eigenvalue weighted by atomic mass is 31.2. The highest BCUT2D eigenvalue weighted by Crippen LogP contribution is 2.51. The van der Waals surface area contributed by atoms with Gasteiger partial charge in [0.05, 0.1) is 5.30 Å². The second-order valence-electron chi connectivity index (χ2n) is 21.3. The number of carbonyl (C=O) groups excluding carboxylic acids is 2. The van der Waals surface area contributed by atoms with E-state index in [9.17, 15) is 9.59 Å². The maximum Gasteiger partial charge on any atom is 0.326 e. The van der Waals surface area contributed by atoms with E-state index in [1.165, 1.54) is 11.1 Å². The number of rotatable bonds is 7. The minimum Gasteiger partial charge on any atom is -0.435 e. The summed E-state index contributed by atoms with van der Waals surface area (Å²) in [5.74, 6) is 1.17. The van der Waals surface area contributed by atoms with E-state index in [0.717, 1.165) is 60.9 Å². The molecule has 5 aromatic rings. The number of fused-ring (bicyclic) bond motifs is 2. The average molecular weight is 839 g/mol. The molecule has 2 aliphatic rings. The lowest BCUT2D eigenvalue weighted by molar-refractivity contribution is -0.134. The Morgan fingerprint density at radius 3 is 1.13 bits per heavy atom. The maximum atomic E-state index is 13.8. The predicted molar refractivity (Wildman–Crippen MR) is 249 cm³/mol. The minimum absolute atomic E-state index is 0.111. The van der Waals surface area contributed by atoms with E-state index in [1.807, 2.05) is 58.0 Å². The van der Waals surface area contributed by atoms with Crippen LogP contribution in [-0.2, 0) is 31.2 Å². The van der Waals surface area contributed by atoms with Crippen molar-refractivity contribution in [3.63, 3.8) is 0 Å². The van der Waals surface area contributed by atoms with Gasteiger partial charge in [-0.2, -0.15) is 0 Å². The number of aryl methyl sites for hydroxylation is 4. The molecule has 0 amide bonds. The van der Waals surface area contributed by atoms with Crippen LogP contribution >= 0.6 is 8.38 Å². The zero-order valence-electron chi connectivity index (χ0n) is 39.1. The zero-order chi connectivity index (χ0) is 44.7. The number of benzene rings is 5. The third-order valence-electron chi connectivity index (χ3n) is 12.0. The molecule has 2 aliphatic heterocycles. The van der Waals surface area contributed by atoms with Gasteiger partial charge in [-0.15, -0.1) is 0 Å². The van der Waals surface area contributed by atoms with Crippen LogP contribution in [0.1, 0.15) is 162 Å². The Morgan fingerprint density at radius 1 is 0.475 bits per heavy atom. The molecule has 7 heteroatoms. The largest absolute Gasteiger partial charge is 0.435 e. The first-order valence-corrected chi connectivity index (χ1v) is 22.7. The van der Waals surface area contributed by atoms with Crippen LogP contribution in [0.3, 0.4) is 0 Å². The van der Waals surface area contributed by atoms with Gasteiger partial charge in [0.1, 0.15) is 34.8 Å². The third kappa shape index (κ3) is 8.50. The fourth-order valence-corrected chi connectivity index (χ4v) is 10.1. The van der Waals surface area contributed by atoms with E-state index in [2.05, 4.69) is 132 Å². The number of carbonyl (C=O) groups is 2. The van der Waals surface area contributed by atoms with Crippen molar-refractivity contribution in [3.05, 3.63) is 146 Å². The Morgan fingerprint density at radius 2 is 0.820 bits per heavy atom. The van der Waals surface area contributed by atoms with Crippen LogP contribution in [0, 0.1) is 27.7 Å². The standard InChI is InChI=1S/C54H63O6P/c1-30-22-34(43-39-26-36(51(5,6)7)28-41(53(11,12)13)47(39)57-49(43)55)23-31(2)45(30)59-61(38-20-18-17-19-21-38)60-46-32(3)24-35(25-33(46)4)44-40-27-37(52(8,9)10)29-42(54(14,15)16)48(40)58-50(44)56/h17-29,43-44H,1-16H3. The van der Waals surface area contributed by atoms with Crippen LogP contribution in [0.15, 0.2) is 78.9 Å². The Labute approximate surface area is 365 Å². The zero-order valence-corrected chi connectivity index (χ0v) is 40.0. The van der Waals surface area contributed by atoms with E-state index in [0.29, 0.717) is 23.0 Å². The summed E-state index contributed by atoms with van der Waals surface area (Å²) in [6.45, 7) is 34.3. The van der Waals surface area contributed by atoms with Gasteiger partial charge in [-0.1, -0.05) is 150 Å². The second-order valence-corrected chi connectivity index (χ2v) is 22.7. The van der Waals surface area contributed by atoms with Gasteiger partial charge in [0, 0.05) is 22.3 Å². The van der Waals surface area contributed by atoms with Gasteiger partial charge in [-0.25, -0.2) is 0 Å². The van der Waals surface area contributed by atoms with Crippen LogP contribution in [-0.4, -0.2) is 11.9 Å². The van der Waals surface area contributed by atoms with E-state index in [-0.39, 0.29) is 33.6 Å². The van der Waals surface area contributed by atoms with Gasteiger partial charge in [-0.05, 0) is 106 Å². The first-order chi connectivity index (χ1) is 28.2. The van der Waals surface area contributed by atoms with Crippen LogP contribution in [0.4, 0.5) is 0 Å². The highest BCUT2D eigenvalue weighted by molar-refractivity contribution is 7.56. The smallest absolute Gasteiger partial charge is 0.326 e. The van der Waals surface area contributed by atoms with Gasteiger partial charge in [-0.3, -0.25) is 9.59 Å². The molecule has 0 bridgehead atoms. The molecule has 5 aromatic carbocycles. The summed E-state index contributed by atoms with van der Waals surface area (Å²) in [5, 5.41) is 0.915. The summed E-state index contributed by atoms with van der Waals surface area (Å²) < 4.78 is 26.1. The number of ether oxygens (including phenoxy) is 2. The molecule has 0 aromatic heterocycles. The molecular weight excluding hydrogens is 776 g/mol. The van der Waals surface area contributed by atoms with Gasteiger partial charge >= 0.3 is 20.3 Å². The topological polar surface area (TPSA) is 71.1 Å². The molecule has 0 saturated carbocycles. The van der Waals surface area contributed by atoms with Gasteiger partial charge in [0.2, 0.25) is 0 Å². The molecule has 2 unspecified atom stereocenters. The lowest BCUT2D eigenvalue weighted by Gasteiger charge is -2.27. The van der Waals surface area contributed by atoms with Crippen molar-refractivity contribution in [2.24, 2.45) is 0 Å². The highest BCUT2D eigenvalue weighted by Gasteiger charge is 2.42. The van der Waals surface area contributed by atoms with Crippen molar-refractivity contribution in [1.29, 1.82) is 0 Å². The van der Waals surface area contributed by atoms with Crippen molar-refractivity contribution in [2.75, 3.05) is 0 Å². The molecule has 6 nitrogen and oxygen atoms in total. The molecule has 0 radical (unpaired) electrons. The maximum absolute atomic E-state index is 13.8. The molecule has 0 fully saturated rings. The van der Waals surface area contributed by atoms with E-state index >= 15 is 0 Å². The lowest BCUT2D eigenvalue weighted by Crippen LogP contribution is -2.17. The Balaban J connectivity index is 1.24. The van der Waals surface area contributed by atoms with E-state index in [4.69, 9.17) is 18.5 Å². The Hall–Kier alpha value is -4.93. The normalized spacial score (nSPS) is 17.1. The van der Waals surface area contributed by atoms with Crippen LogP contribution in [0.25, 0.3) is 0 Å². The van der Waals surface area contributed by atoms with Gasteiger partial charge < -0.3 is 18.5 Å². The fourth-order valence-electron chi connectivity index (χ4n) is 8.57. The van der Waals surface area contributed by atoms with Crippen molar-refractivity contribution in [2.45, 2.75) is 144 Å². The predicted octanol–water partition coefficient (Wildman–Crippen LogP) is 13.3. The average Bonchev–Trinajstić information content (AvgIpc) is 3.66. The molecule has 0 saturated heterocycles. The van der Waals surface area contributed by atoms with Crippen LogP contribution in [0.2, 0.25) is 0 Å². The van der Waals surface area contributed by atoms with Crippen molar-refractivity contribution < 1.29 is 28.1 Å². The van der Waals surface area contributed by atoms with Crippen LogP contribution < -0.4 is 23.8 Å². The second kappa shape index (κ2) is 15.5. The summed E-state index contributed by atoms with van der Waals surface area (Å²) in [4.78, 5) is 27.6. The van der Waals surface area contributed by atoms with Crippen molar-refractivity contribution in [1.82, 2.24) is 0 Å². The molecular formula is C54H63O6P. The van der Waals surface area contributed by atoms with Crippen molar-refractivity contribution in [3.8, 4) is 23.0 Å². The summed E-state index contributed by atoms with van der Waals surface area (Å²) in [6, 6.07) is 27.0. The van der Waals surface area contributed by atoms with E-state index in [1.54, 1.807) is 0 Å². The summed E-state index contributed by atoms with van der Waals surface area (Å²) >= 11 is 0. The summed E-state index contributed by atoms with van der Waals surface area (Å²) in [5.41, 5.74) is 11.0.